The normalized spacial score (nSPS) is 17.7. The second-order valence-corrected chi connectivity index (χ2v) is 7.65. The van der Waals surface area contributed by atoms with E-state index in [-0.39, 0.29) is 11.4 Å². The SMILES string of the molecule is CC(C)(C)OC(=O)N1CCC(O)(Cc2cc(F)c(F)c(Cl)c2)CC1. The van der Waals surface area contributed by atoms with Crippen molar-refractivity contribution in [1.29, 1.82) is 0 Å². The fraction of sp³-hybridized carbons (Fsp3) is 0.588. The molecule has 1 aromatic carbocycles. The number of carbonyl (C=O) groups is 1. The van der Waals surface area contributed by atoms with Crippen LogP contribution in [0.4, 0.5) is 13.6 Å². The molecule has 1 aromatic rings. The van der Waals surface area contributed by atoms with Gasteiger partial charge in [-0.3, -0.25) is 0 Å². The highest BCUT2D eigenvalue weighted by Gasteiger charge is 2.35. The van der Waals surface area contributed by atoms with Crippen LogP contribution >= 0.6 is 11.6 Å². The largest absolute Gasteiger partial charge is 0.444 e. The molecule has 1 fully saturated rings. The first kappa shape index (κ1) is 18.9. The molecule has 0 atom stereocenters. The summed E-state index contributed by atoms with van der Waals surface area (Å²) in [7, 11) is 0. The molecular formula is C17H22ClF2NO3. The van der Waals surface area contributed by atoms with Crippen LogP contribution in [0.3, 0.4) is 0 Å². The molecule has 134 valence electrons. The van der Waals surface area contributed by atoms with E-state index in [4.69, 9.17) is 16.3 Å². The van der Waals surface area contributed by atoms with Gasteiger partial charge in [-0.25, -0.2) is 13.6 Å². The van der Waals surface area contributed by atoms with Gasteiger partial charge in [0.05, 0.1) is 10.6 Å². The minimum Gasteiger partial charge on any atom is -0.444 e. The van der Waals surface area contributed by atoms with Crippen molar-refractivity contribution in [1.82, 2.24) is 4.90 Å². The average Bonchev–Trinajstić information content (AvgIpc) is 2.43. The van der Waals surface area contributed by atoms with E-state index in [2.05, 4.69) is 0 Å². The first-order valence-electron chi connectivity index (χ1n) is 7.83. The standard InChI is InChI=1S/C17H22ClF2NO3/c1-16(2,3)24-15(22)21-6-4-17(23,5-7-21)10-11-8-12(18)14(20)13(19)9-11/h8-9,23H,4-7,10H2,1-3H3. The molecule has 1 aliphatic heterocycles. The summed E-state index contributed by atoms with van der Waals surface area (Å²) in [4.78, 5) is 13.6. The van der Waals surface area contributed by atoms with Crippen LogP contribution in [0.2, 0.25) is 5.02 Å². The Kier molecular flexibility index (Phi) is 5.40. The number of likely N-dealkylation sites (tertiary alicyclic amines) is 1. The lowest BCUT2D eigenvalue weighted by molar-refractivity contribution is -0.0315. The van der Waals surface area contributed by atoms with Gasteiger partial charge in [-0.1, -0.05) is 11.6 Å². The minimum atomic E-state index is -1.09. The van der Waals surface area contributed by atoms with Gasteiger partial charge in [-0.15, -0.1) is 0 Å². The van der Waals surface area contributed by atoms with E-state index in [0.29, 0.717) is 31.5 Å². The summed E-state index contributed by atoms with van der Waals surface area (Å²) in [5.74, 6) is -2.13. The number of carbonyl (C=O) groups excluding carboxylic acids is 1. The average molecular weight is 362 g/mol. The minimum absolute atomic E-state index is 0.145. The highest BCUT2D eigenvalue weighted by molar-refractivity contribution is 6.30. The Morgan fingerprint density at radius 1 is 1.33 bits per heavy atom. The van der Waals surface area contributed by atoms with Gasteiger partial charge in [0.15, 0.2) is 11.6 Å². The highest BCUT2D eigenvalue weighted by Crippen LogP contribution is 2.29. The maximum Gasteiger partial charge on any atom is 0.410 e. The lowest BCUT2D eigenvalue weighted by Gasteiger charge is -2.38. The maximum absolute atomic E-state index is 13.4. The van der Waals surface area contributed by atoms with Crippen LogP contribution in [0.25, 0.3) is 0 Å². The van der Waals surface area contributed by atoms with Crippen molar-refractivity contribution >= 4 is 17.7 Å². The van der Waals surface area contributed by atoms with Crippen LogP contribution in [0.5, 0.6) is 0 Å². The number of rotatable bonds is 2. The molecule has 7 heteroatoms. The second kappa shape index (κ2) is 6.84. The number of piperidine rings is 1. The lowest BCUT2D eigenvalue weighted by Crippen LogP contribution is -2.49. The van der Waals surface area contributed by atoms with Crippen LogP contribution in [0.15, 0.2) is 12.1 Å². The van der Waals surface area contributed by atoms with Crippen molar-refractivity contribution in [3.05, 3.63) is 34.4 Å². The Morgan fingerprint density at radius 3 is 2.42 bits per heavy atom. The Hall–Kier alpha value is -1.40. The summed E-state index contributed by atoms with van der Waals surface area (Å²) in [6.07, 6.45) is 0.373. The zero-order valence-corrected chi connectivity index (χ0v) is 14.8. The predicted octanol–water partition coefficient (Wildman–Crippen LogP) is 3.92. The third kappa shape index (κ3) is 4.80. The zero-order valence-electron chi connectivity index (χ0n) is 14.0. The molecule has 0 radical (unpaired) electrons. The summed E-state index contributed by atoms with van der Waals surface area (Å²) < 4.78 is 32.0. The summed E-state index contributed by atoms with van der Waals surface area (Å²) in [5, 5.41) is 10.4. The molecule has 4 nitrogen and oxygen atoms in total. The lowest BCUT2D eigenvalue weighted by atomic mass is 9.85. The van der Waals surface area contributed by atoms with E-state index in [1.807, 2.05) is 0 Å². The third-order valence-corrected chi connectivity index (χ3v) is 4.20. The van der Waals surface area contributed by atoms with Crippen LogP contribution in [-0.2, 0) is 11.2 Å². The van der Waals surface area contributed by atoms with E-state index < -0.39 is 28.9 Å². The quantitative estimate of drug-likeness (QED) is 0.812. The van der Waals surface area contributed by atoms with Gasteiger partial charge in [0.25, 0.3) is 0 Å². The first-order valence-corrected chi connectivity index (χ1v) is 8.21. The monoisotopic (exact) mass is 361 g/mol. The van der Waals surface area contributed by atoms with Crippen LogP contribution < -0.4 is 0 Å². The number of hydrogen-bond acceptors (Lipinski definition) is 3. The van der Waals surface area contributed by atoms with Gasteiger partial charge in [-0.05, 0) is 51.3 Å². The molecule has 1 saturated heterocycles. The van der Waals surface area contributed by atoms with Crippen molar-refractivity contribution in [2.45, 2.75) is 51.2 Å². The number of halogens is 3. The van der Waals surface area contributed by atoms with Crippen molar-refractivity contribution < 1.29 is 23.4 Å². The van der Waals surface area contributed by atoms with Crippen LogP contribution in [-0.4, -0.2) is 40.4 Å². The molecule has 1 N–H and O–H groups in total. The highest BCUT2D eigenvalue weighted by atomic mass is 35.5. The van der Waals surface area contributed by atoms with Gasteiger partial charge < -0.3 is 14.7 Å². The topological polar surface area (TPSA) is 49.8 Å². The summed E-state index contributed by atoms with van der Waals surface area (Å²) in [5.41, 5.74) is -1.24. The third-order valence-electron chi connectivity index (χ3n) is 3.92. The summed E-state index contributed by atoms with van der Waals surface area (Å²) in [6, 6.07) is 2.36. The fourth-order valence-corrected chi connectivity index (χ4v) is 2.93. The molecule has 2 rings (SSSR count). The number of amides is 1. The van der Waals surface area contributed by atoms with Gasteiger partial charge in [0, 0.05) is 19.5 Å². The molecule has 24 heavy (non-hydrogen) atoms. The molecular weight excluding hydrogens is 340 g/mol. The maximum atomic E-state index is 13.4. The number of benzene rings is 1. The fourth-order valence-electron chi connectivity index (χ4n) is 2.70. The molecule has 1 aliphatic rings. The molecule has 1 amide bonds. The summed E-state index contributed by atoms with van der Waals surface area (Å²) >= 11 is 5.64. The molecule has 0 saturated carbocycles. The molecule has 0 spiro atoms. The number of nitrogens with zero attached hydrogens (tertiary/aromatic N) is 1. The van der Waals surface area contributed by atoms with Gasteiger partial charge in [0.2, 0.25) is 0 Å². The predicted molar refractivity (Wildman–Crippen MR) is 87.1 cm³/mol. The van der Waals surface area contributed by atoms with E-state index in [1.54, 1.807) is 20.8 Å². The second-order valence-electron chi connectivity index (χ2n) is 7.24. The number of ether oxygens (including phenoxy) is 1. The molecule has 1 heterocycles. The Bertz CT molecular complexity index is 600. The summed E-state index contributed by atoms with van der Waals surface area (Å²) in [6.45, 7) is 6.04. The zero-order chi connectivity index (χ0) is 18.1. The van der Waals surface area contributed by atoms with Crippen LogP contribution in [0.1, 0.15) is 39.2 Å². The molecule has 0 aliphatic carbocycles. The van der Waals surface area contributed by atoms with Gasteiger partial charge in [0.1, 0.15) is 5.60 Å². The van der Waals surface area contributed by atoms with E-state index in [1.165, 1.54) is 11.0 Å². The first-order chi connectivity index (χ1) is 11.0. The van der Waals surface area contributed by atoms with Crippen molar-refractivity contribution in [2.75, 3.05) is 13.1 Å². The Labute approximate surface area is 145 Å². The number of hydrogen-bond donors (Lipinski definition) is 1. The number of aliphatic hydroxyl groups is 1. The van der Waals surface area contributed by atoms with Crippen molar-refractivity contribution in [3.63, 3.8) is 0 Å². The smallest absolute Gasteiger partial charge is 0.410 e. The molecule has 0 unspecified atom stereocenters. The molecule has 0 bridgehead atoms. The van der Waals surface area contributed by atoms with Gasteiger partial charge in [-0.2, -0.15) is 0 Å². The molecule has 0 aromatic heterocycles. The Morgan fingerprint density at radius 2 is 1.92 bits per heavy atom. The Balaban J connectivity index is 1.99. The van der Waals surface area contributed by atoms with E-state index in [0.717, 1.165) is 6.07 Å². The van der Waals surface area contributed by atoms with Gasteiger partial charge >= 0.3 is 6.09 Å². The van der Waals surface area contributed by atoms with Crippen LogP contribution in [0, 0.1) is 11.6 Å². The van der Waals surface area contributed by atoms with E-state index in [9.17, 15) is 18.7 Å². The van der Waals surface area contributed by atoms with Crippen molar-refractivity contribution in [3.8, 4) is 0 Å². The van der Waals surface area contributed by atoms with Crippen molar-refractivity contribution in [2.24, 2.45) is 0 Å². The van der Waals surface area contributed by atoms with E-state index >= 15 is 0 Å².